The highest BCUT2D eigenvalue weighted by atomic mass is 16.6. The van der Waals surface area contributed by atoms with E-state index >= 15 is 0 Å². The third kappa shape index (κ3) is 10.3. The molecule has 0 spiro atoms. The fraction of sp³-hybridized carbons (Fsp3) is 0.333. The van der Waals surface area contributed by atoms with E-state index in [9.17, 15) is 19.2 Å². The fourth-order valence-electron chi connectivity index (χ4n) is 2.89. The Hall–Kier alpha value is -3.97. The molecule has 0 bridgehead atoms. The van der Waals surface area contributed by atoms with E-state index < -0.39 is 24.1 Å². The molecule has 0 aliphatic rings. The second-order valence-corrected chi connectivity index (χ2v) is 7.37. The molecule has 9 nitrogen and oxygen atoms in total. The molecule has 2 rings (SSSR count). The Morgan fingerprint density at radius 3 is 2.21 bits per heavy atom. The highest BCUT2D eigenvalue weighted by Gasteiger charge is 2.13. The number of unbranched alkanes of at least 4 members (excludes halogenated alkanes) is 1. The van der Waals surface area contributed by atoms with Crippen LogP contribution in [-0.2, 0) is 30.3 Å². The minimum Gasteiger partial charge on any atom is -0.481 e. The van der Waals surface area contributed by atoms with Gasteiger partial charge in [0.05, 0.1) is 5.69 Å². The van der Waals surface area contributed by atoms with Gasteiger partial charge >= 0.3 is 18.0 Å². The van der Waals surface area contributed by atoms with Gasteiger partial charge in [0.1, 0.15) is 12.7 Å². The van der Waals surface area contributed by atoms with Gasteiger partial charge in [0.15, 0.2) is 0 Å². The van der Waals surface area contributed by atoms with E-state index in [1.54, 1.807) is 31.2 Å². The van der Waals surface area contributed by atoms with Gasteiger partial charge in [-0.3, -0.25) is 14.9 Å². The number of hydrogen-bond donors (Lipinski definition) is 2. The normalized spacial score (nSPS) is 11.1. The van der Waals surface area contributed by atoms with Crippen molar-refractivity contribution in [2.45, 2.75) is 45.1 Å². The molecule has 9 heteroatoms. The van der Waals surface area contributed by atoms with Crippen LogP contribution in [0.15, 0.2) is 53.5 Å². The number of carbonyl (C=O) groups excluding carboxylic acids is 3. The van der Waals surface area contributed by atoms with E-state index in [2.05, 4.69) is 10.3 Å². The van der Waals surface area contributed by atoms with Gasteiger partial charge < -0.3 is 14.6 Å². The van der Waals surface area contributed by atoms with E-state index in [1.165, 1.54) is 6.08 Å². The molecule has 1 atom stereocenters. The molecule has 1 amide bonds. The maximum absolute atomic E-state index is 12.0. The van der Waals surface area contributed by atoms with Crippen molar-refractivity contribution >= 4 is 35.5 Å². The zero-order valence-electron chi connectivity index (χ0n) is 18.3. The lowest BCUT2D eigenvalue weighted by Gasteiger charge is -2.14. The number of benzene rings is 2. The number of aliphatic carboxylic acids is 1. The molecule has 0 aliphatic carbocycles. The SMILES string of the molecule is CC(COC(=O)Nc1ccc(Cc2ccc(N=C=O)cc2)cc1)OC(=O)CCCCC(=O)O. The summed E-state index contributed by atoms with van der Waals surface area (Å²) in [6.45, 7) is 1.50. The second kappa shape index (κ2) is 13.4. The quantitative estimate of drug-likeness (QED) is 0.211. The predicted molar refractivity (Wildman–Crippen MR) is 120 cm³/mol. The second-order valence-electron chi connectivity index (χ2n) is 7.37. The summed E-state index contributed by atoms with van der Waals surface area (Å²) in [4.78, 5) is 47.9. The summed E-state index contributed by atoms with van der Waals surface area (Å²) >= 11 is 0. The Labute approximate surface area is 191 Å². The summed E-state index contributed by atoms with van der Waals surface area (Å²) in [5.74, 6) is -1.36. The van der Waals surface area contributed by atoms with Crippen LogP contribution in [0.2, 0.25) is 0 Å². The van der Waals surface area contributed by atoms with Gasteiger partial charge in [-0.15, -0.1) is 0 Å². The number of carbonyl (C=O) groups is 3. The Bertz CT molecular complexity index is 981. The lowest BCUT2D eigenvalue weighted by molar-refractivity contribution is -0.150. The number of nitrogens with zero attached hydrogens (tertiary/aromatic N) is 1. The molecular formula is C24H26N2O7. The molecule has 0 saturated heterocycles. The highest BCUT2D eigenvalue weighted by molar-refractivity contribution is 5.84. The van der Waals surface area contributed by atoms with Gasteiger partial charge in [-0.05, 0) is 61.6 Å². The third-order valence-electron chi connectivity index (χ3n) is 4.52. The van der Waals surface area contributed by atoms with Gasteiger partial charge in [-0.1, -0.05) is 24.3 Å². The molecule has 1 unspecified atom stereocenters. The lowest BCUT2D eigenvalue weighted by atomic mass is 10.0. The Balaban J connectivity index is 1.70. The van der Waals surface area contributed by atoms with Gasteiger partial charge in [-0.2, -0.15) is 4.99 Å². The first-order valence-electron chi connectivity index (χ1n) is 10.5. The average molecular weight is 454 g/mol. The van der Waals surface area contributed by atoms with Crippen molar-refractivity contribution in [1.82, 2.24) is 0 Å². The summed E-state index contributed by atoms with van der Waals surface area (Å²) in [7, 11) is 0. The molecular weight excluding hydrogens is 428 g/mol. The van der Waals surface area contributed by atoms with Crippen molar-refractivity contribution in [2.24, 2.45) is 4.99 Å². The molecule has 0 aliphatic heterocycles. The number of hydrogen-bond acceptors (Lipinski definition) is 7. The lowest BCUT2D eigenvalue weighted by Crippen LogP contribution is -2.24. The molecule has 0 radical (unpaired) electrons. The smallest absolute Gasteiger partial charge is 0.411 e. The number of anilines is 1. The molecule has 174 valence electrons. The van der Waals surface area contributed by atoms with Crippen LogP contribution in [-0.4, -0.2) is 41.9 Å². The number of carboxylic acid groups (broad SMARTS) is 1. The minimum atomic E-state index is -0.900. The number of rotatable bonds is 12. The van der Waals surface area contributed by atoms with Crippen molar-refractivity contribution in [3.63, 3.8) is 0 Å². The van der Waals surface area contributed by atoms with Crippen molar-refractivity contribution in [2.75, 3.05) is 11.9 Å². The number of amides is 1. The van der Waals surface area contributed by atoms with Gasteiger partial charge in [0.25, 0.3) is 0 Å². The summed E-state index contributed by atoms with van der Waals surface area (Å²) in [5, 5.41) is 11.2. The standard InChI is InChI=1S/C24H26N2O7/c1-17(33-23(30)5-3-2-4-22(28)29)15-32-24(31)26-21-12-8-19(9-13-21)14-18-6-10-20(11-7-18)25-16-27/h6-13,17H,2-5,14-15H2,1H3,(H,26,31)(H,28,29). The van der Waals surface area contributed by atoms with E-state index in [4.69, 9.17) is 14.6 Å². The first kappa shape index (κ1) is 25.3. The van der Waals surface area contributed by atoms with Crippen LogP contribution in [0.1, 0.15) is 43.7 Å². The highest BCUT2D eigenvalue weighted by Crippen LogP contribution is 2.17. The third-order valence-corrected chi connectivity index (χ3v) is 4.52. The Morgan fingerprint density at radius 2 is 1.61 bits per heavy atom. The van der Waals surface area contributed by atoms with Crippen molar-refractivity contribution in [3.05, 3.63) is 59.7 Å². The maximum atomic E-state index is 12.0. The summed E-state index contributed by atoms with van der Waals surface area (Å²) in [6.07, 6.45) is 1.85. The van der Waals surface area contributed by atoms with E-state index in [1.807, 2.05) is 24.3 Å². The zero-order valence-corrected chi connectivity index (χ0v) is 18.3. The van der Waals surface area contributed by atoms with Crippen molar-refractivity contribution < 1.29 is 33.8 Å². The van der Waals surface area contributed by atoms with Crippen LogP contribution in [0, 0.1) is 0 Å². The molecule has 0 fully saturated rings. The number of carboxylic acids is 1. The number of ether oxygens (including phenoxy) is 2. The largest absolute Gasteiger partial charge is 0.481 e. The zero-order chi connectivity index (χ0) is 24.1. The molecule has 0 aromatic heterocycles. The van der Waals surface area contributed by atoms with Crippen LogP contribution in [0.4, 0.5) is 16.2 Å². The van der Waals surface area contributed by atoms with Crippen LogP contribution in [0.25, 0.3) is 0 Å². The maximum Gasteiger partial charge on any atom is 0.411 e. The van der Waals surface area contributed by atoms with Gasteiger partial charge in [0, 0.05) is 18.5 Å². The molecule has 0 saturated carbocycles. The van der Waals surface area contributed by atoms with Crippen LogP contribution >= 0.6 is 0 Å². The Kier molecular flexibility index (Phi) is 10.3. The molecule has 0 heterocycles. The van der Waals surface area contributed by atoms with Crippen molar-refractivity contribution in [3.8, 4) is 0 Å². The minimum absolute atomic E-state index is 0.0121. The molecule has 2 N–H and O–H groups in total. The van der Waals surface area contributed by atoms with E-state index in [-0.39, 0.29) is 19.4 Å². The monoisotopic (exact) mass is 454 g/mol. The first-order valence-corrected chi connectivity index (χ1v) is 10.5. The van der Waals surface area contributed by atoms with Gasteiger partial charge in [0.2, 0.25) is 6.08 Å². The first-order chi connectivity index (χ1) is 15.9. The van der Waals surface area contributed by atoms with Crippen molar-refractivity contribution in [1.29, 1.82) is 0 Å². The summed E-state index contributed by atoms with van der Waals surface area (Å²) in [6, 6.07) is 14.5. The number of nitrogens with one attached hydrogen (secondary N) is 1. The summed E-state index contributed by atoms with van der Waals surface area (Å²) < 4.78 is 10.2. The fourth-order valence-corrected chi connectivity index (χ4v) is 2.89. The molecule has 2 aromatic carbocycles. The van der Waals surface area contributed by atoms with Crippen LogP contribution in [0.5, 0.6) is 0 Å². The number of esters is 1. The topological polar surface area (TPSA) is 131 Å². The van der Waals surface area contributed by atoms with E-state index in [0.29, 0.717) is 30.6 Å². The summed E-state index contributed by atoms with van der Waals surface area (Å²) in [5.41, 5.74) is 3.18. The predicted octanol–water partition coefficient (Wildman–Crippen LogP) is 4.37. The van der Waals surface area contributed by atoms with E-state index in [0.717, 1.165) is 11.1 Å². The number of aliphatic imine (C=N–C) groups is 1. The Morgan fingerprint density at radius 1 is 1.00 bits per heavy atom. The average Bonchev–Trinajstić information content (AvgIpc) is 2.78. The number of isocyanates is 1. The molecule has 33 heavy (non-hydrogen) atoms. The van der Waals surface area contributed by atoms with Gasteiger partial charge in [-0.25, -0.2) is 9.59 Å². The molecule has 2 aromatic rings. The van der Waals surface area contributed by atoms with Crippen LogP contribution < -0.4 is 5.32 Å². The van der Waals surface area contributed by atoms with Crippen LogP contribution in [0.3, 0.4) is 0 Å².